The fraction of sp³-hybridized carbons (Fsp3) is 0.650. The Morgan fingerprint density at radius 2 is 1.23 bits per heavy atom. The quantitative estimate of drug-likeness (QED) is 0.257. The monoisotopic (exact) mass is 641 g/mol. The van der Waals surface area contributed by atoms with Crippen LogP contribution in [0.3, 0.4) is 0 Å². The van der Waals surface area contributed by atoms with Gasteiger partial charge in [0.2, 0.25) is 0 Å². The molecule has 7 heteroatoms. The average Bonchev–Trinajstić information content (AvgIpc) is 3.54. The van der Waals surface area contributed by atoms with Crippen molar-refractivity contribution in [2.75, 3.05) is 0 Å². The Balaban J connectivity index is 0.868. The second kappa shape index (κ2) is 11.7. The van der Waals surface area contributed by atoms with E-state index in [9.17, 15) is 19.8 Å². The molecule has 0 saturated heterocycles. The molecular formula is C40H51NO6. The van der Waals surface area contributed by atoms with E-state index in [-0.39, 0.29) is 29.5 Å². The van der Waals surface area contributed by atoms with Crippen molar-refractivity contribution < 1.29 is 29.3 Å². The number of fused-ring (bicyclic) bond motifs is 10. The molecule has 4 saturated carbocycles. The maximum atomic E-state index is 12.9. The van der Waals surface area contributed by atoms with E-state index >= 15 is 0 Å². The van der Waals surface area contributed by atoms with E-state index < -0.39 is 18.0 Å². The van der Waals surface area contributed by atoms with Crippen molar-refractivity contribution in [2.24, 2.45) is 40.2 Å². The van der Waals surface area contributed by atoms with Crippen LogP contribution >= 0.6 is 0 Å². The standard InChI is InChI=1S/C40H51NO6/c1-39-17-15-28-26-9-5-24(19-22(26)3-7-30(28)32(39)11-13-35(39)42)46-37(44)21-34(41)38(45)47-25-6-10-27-23(20-25)4-8-31-29(27)16-18-40(2)33(31)12-14-36(40)43/h5-6,9-10,19-20,28-36,42-43H,3-4,7-8,11-18,21,41H2,1-2H3. The van der Waals surface area contributed by atoms with Gasteiger partial charge in [-0.1, -0.05) is 26.0 Å². The number of esters is 2. The largest absolute Gasteiger partial charge is 0.426 e. The molecule has 0 radical (unpaired) electrons. The molecule has 252 valence electrons. The number of carbonyl (C=O) groups is 2. The first kappa shape index (κ1) is 31.5. The van der Waals surface area contributed by atoms with Crippen molar-refractivity contribution in [3.63, 3.8) is 0 Å². The van der Waals surface area contributed by atoms with Gasteiger partial charge in [0.1, 0.15) is 17.5 Å². The lowest BCUT2D eigenvalue weighted by molar-refractivity contribution is -0.142. The molecule has 0 aliphatic heterocycles. The van der Waals surface area contributed by atoms with Gasteiger partial charge in [-0.2, -0.15) is 0 Å². The molecule has 0 aromatic heterocycles. The number of aliphatic hydroxyl groups is 2. The first-order chi connectivity index (χ1) is 22.5. The number of carbonyl (C=O) groups excluding carboxylic acids is 2. The Morgan fingerprint density at radius 3 is 1.74 bits per heavy atom. The molecule has 4 N–H and O–H groups in total. The topological polar surface area (TPSA) is 119 Å². The normalized spacial score (nSPS) is 38.9. The molecule has 47 heavy (non-hydrogen) atoms. The van der Waals surface area contributed by atoms with Gasteiger partial charge in [-0.05, 0) is 170 Å². The maximum Gasteiger partial charge on any atom is 0.328 e. The highest BCUT2D eigenvalue weighted by Gasteiger charge is 2.55. The summed E-state index contributed by atoms with van der Waals surface area (Å²) in [5.74, 6) is 3.13. The Bertz CT molecular complexity index is 1570. The second-order valence-corrected chi connectivity index (χ2v) is 16.5. The van der Waals surface area contributed by atoms with Crippen molar-refractivity contribution in [3.8, 4) is 11.5 Å². The molecule has 2 aromatic carbocycles. The molecule has 0 bridgehead atoms. The molecule has 7 nitrogen and oxygen atoms in total. The predicted octanol–water partition coefficient (Wildman–Crippen LogP) is 6.35. The van der Waals surface area contributed by atoms with Crippen LogP contribution < -0.4 is 15.2 Å². The molecule has 0 heterocycles. The Kier molecular flexibility index (Phi) is 7.85. The molecule has 11 atom stereocenters. The minimum atomic E-state index is -1.12. The summed E-state index contributed by atoms with van der Waals surface area (Å²) in [5, 5.41) is 21.4. The zero-order valence-corrected chi connectivity index (χ0v) is 28.0. The van der Waals surface area contributed by atoms with Crippen molar-refractivity contribution in [1.29, 1.82) is 0 Å². The highest BCUT2D eigenvalue weighted by molar-refractivity contribution is 5.84. The molecular weight excluding hydrogens is 590 g/mol. The van der Waals surface area contributed by atoms with Crippen molar-refractivity contribution in [1.82, 2.24) is 0 Å². The zero-order chi connectivity index (χ0) is 32.7. The molecule has 6 aliphatic carbocycles. The SMILES string of the molecule is CC12CCC3c4ccc(OC(=O)CC(N)C(=O)Oc5ccc6c(c5)CCC5C6CCC6(C)C(O)CCC56)cc4CCC3C1CCC2O. The molecule has 0 spiro atoms. The first-order valence-electron chi connectivity index (χ1n) is 18.3. The number of aryl methyl sites for hydroxylation is 2. The van der Waals surface area contributed by atoms with Gasteiger partial charge < -0.3 is 25.4 Å². The van der Waals surface area contributed by atoms with E-state index in [1.54, 1.807) is 0 Å². The summed E-state index contributed by atoms with van der Waals surface area (Å²) in [5.41, 5.74) is 11.4. The van der Waals surface area contributed by atoms with E-state index in [4.69, 9.17) is 15.2 Å². The minimum Gasteiger partial charge on any atom is -0.426 e. The van der Waals surface area contributed by atoms with Gasteiger partial charge in [-0.25, -0.2) is 4.79 Å². The molecule has 0 amide bonds. The maximum absolute atomic E-state index is 12.9. The van der Waals surface area contributed by atoms with Gasteiger partial charge in [-0.15, -0.1) is 0 Å². The van der Waals surface area contributed by atoms with E-state index in [1.165, 1.54) is 22.3 Å². The summed E-state index contributed by atoms with van der Waals surface area (Å²) in [6.45, 7) is 4.58. The third kappa shape index (κ3) is 5.18. The fourth-order valence-electron chi connectivity index (χ4n) is 11.8. The lowest BCUT2D eigenvalue weighted by atomic mass is 9.55. The molecule has 11 unspecified atom stereocenters. The van der Waals surface area contributed by atoms with Gasteiger partial charge in [0, 0.05) is 0 Å². The van der Waals surface area contributed by atoms with E-state index in [1.807, 2.05) is 24.3 Å². The number of aliphatic hydroxyl groups excluding tert-OH is 2. The van der Waals surface area contributed by atoms with Gasteiger partial charge in [0.25, 0.3) is 0 Å². The smallest absolute Gasteiger partial charge is 0.328 e. The second-order valence-electron chi connectivity index (χ2n) is 16.5. The third-order valence-corrected chi connectivity index (χ3v) is 14.4. The molecule has 2 aromatic rings. The van der Waals surface area contributed by atoms with Crippen molar-refractivity contribution in [3.05, 3.63) is 58.7 Å². The Hall–Kier alpha value is -2.74. The van der Waals surface area contributed by atoms with Crippen LogP contribution in [0.4, 0.5) is 0 Å². The van der Waals surface area contributed by atoms with Crippen LogP contribution in [0.1, 0.15) is 119 Å². The number of hydrogen-bond acceptors (Lipinski definition) is 7. The highest BCUT2D eigenvalue weighted by Crippen LogP contribution is 2.62. The first-order valence-corrected chi connectivity index (χ1v) is 18.3. The van der Waals surface area contributed by atoms with Gasteiger partial charge in [0.05, 0.1) is 18.6 Å². The number of ether oxygens (including phenoxy) is 2. The van der Waals surface area contributed by atoms with Crippen LogP contribution in [0.25, 0.3) is 0 Å². The van der Waals surface area contributed by atoms with Gasteiger partial charge in [-0.3, -0.25) is 4.79 Å². The number of hydrogen-bond donors (Lipinski definition) is 3. The predicted molar refractivity (Wildman–Crippen MR) is 178 cm³/mol. The van der Waals surface area contributed by atoms with Crippen molar-refractivity contribution in [2.45, 2.75) is 127 Å². The Morgan fingerprint density at radius 1 is 0.745 bits per heavy atom. The summed E-state index contributed by atoms with van der Waals surface area (Å²) in [6, 6.07) is 10.8. The highest BCUT2D eigenvalue weighted by atomic mass is 16.5. The summed E-state index contributed by atoms with van der Waals surface area (Å²) in [7, 11) is 0. The average molecular weight is 642 g/mol. The minimum absolute atomic E-state index is 0.0495. The lowest BCUT2D eigenvalue weighted by Gasteiger charge is -2.50. The summed E-state index contributed by atoms with van der Waals surface area (Å²) in [6.07, 6.45) is 11.8. The van der Waals surface area contributed by atoms with Crippen LogP contribution in [0, 0.1) is 34.5 Å². The number of rotatable bonds is 5. The zero-order valence-electron chi connectivity index (χ0n) is 28.0. The number of nitrogens with two attached hydrogens (primary N) is 1. The van der Waals surface area contributed by atoms with E-state index in [2.05, 4.69) is 26.0 Å². The van der Waals surface area contributed by atoms with Crippen LogP contribution in [-0.2, 0) is 22.4 Å². The molecule has 4 fully saturated rings. The van der Waals surface area contributed by atoms with Gasteiger partial charge >= 0.3 is 11.9 Å². The molecule has 8 rings (SSSR count). The summed E-state index contributed by atoms with van der Waals surface area (Å²) in [4.78, 5) is 25.8. The van der Waals surface area contributed by atoms with Crippen molar-refractivity contribution >= 4 is 11.9 Å². The van der Waals surface area contributed by atoms with Crippen LogP contribution in [0.2, 0.25) is 0 Å². The van der Waals surface area contributed by atoms with E-state index in [0.29, 0.717) is 47.0 Å². The lowest BCUT2D eigenvalue weighted by Crippen LogP contribution is -2.43. The van der Waals surface area contributed by atoms with Gasteiger partial charge in [0.15, 0.2) is 0 Å². The molecule has 6 aliphatic rings. The van der Waals surface area contributed by atoms with Crippen LogP contribution in [0.5, 0.6) is 11.5 Å². The summed E-state index contributed by atoms with van der Waals surface area (Å²) < 4.78 is 11.4. The fourth-order valence-corrected chi connectivity index (χ4v) is 11.8. The number of benzene rings is 2. The Labute approximate surface area is 278 Å². The van der Waals surface area contributed by atoms with Crippen LogP contribution in [0.15, 0.2) is 36.4 Å². The van der Waals surface area contributed by atoms with E-state index in [0.717, 1.165) is 77.0 Å². The summed E-state index contributed by atoms with van der Waals surface area (Å²) >= 11 is 0. The third-order valence-electron chi connectivity index (χ3n) is 14.4. The van der Waals surface area contributed by atoms with Crippen LogP contribution in [-0.4, -0.2) is 40.4 Å².